The van der Waals surface area contributed by atoms with E-state index in [9.17, 15) is 19.5 Å². The third-order valence-electron chi connectivity index (χ3n) is 5.13. The number of hydrogen-bond acceptors (Lipinski definition) is 6. The maximum absolute atomic E-state index is 13.0. The molecule has 3 aromatic carbocycles. The van der Waals surface area contributed by atoms with Crippen LogP contribution >= 0.6 is 11.6 Å². The van der Waals surface area contributed by atoms with Crippen molar-refractivity contribution in [3.8, 4) is 17.2 Å². The molecular weight excluding hydrogens is 472 g/mol. The van der Waals surface area contributed by atoms with Gasteiger partial charge in [-0.2, -0.15) is 0 Å². The van der Waals surface area contributed by atoms with Crippen molar-refractivity contribution < 1.29 is 29.0 Å². The van der Waals surface area contributed by atoms with Crippen LogP contribution in [-0.4, -0.2) is 29.6 Å². The summed E-state index contributed by atoms with van der Waals surface area (Å²) in [6, 6.07) is 16.9. The van der Waals surface area contributed by atoms with Gasteiger partial charge in [-0.15, -0.1) is 0 Å². The van der Waals surface area contributed by atoms with Gasteiger partial charge in [0, 0.05) is 10.6 Å². The van der Waals surface area contributed by atoms with Crippen LogP contribution in [0.4, 0.5) is 10.5 Å². The smallest absolute Gasteiger partial charge is 0.335 e. The molecule has 1 aliphatic heterocycles. The van der Waals surface area contributed by atoms with Crippen LogP contribution in [0.3, 0.4) is 0 Å². The molecule has 1 aliphatic rings. The van der Waals surface area contributed by atoms with E-state index in [4.69, 9.17) is 21.1 Å². The number of barbiturate groups is 1. The predicted octanol–water partition coefficient (Wildman–Crippen LogP) is 4.69. The van der Waals surface area contributed by atoms with Crippen LogP contribution in [0.5, 0.6) is 17.2 Å². The zero-order chi connectivity index (χ0) is 24.9. The first kappa shape index (κ1) is 23.8. The van der Waals surface area contributed by atoms with Crippen LogP contribution in [0.2, 0.25) is 5.02 Å². The third-order valence-corrected chi connectivity index (χ3v) is 5.50. The topological polar surface area (TPSA) is 105 Å². The Morgan fingerprint density at radius 2 is 1.71 bits per heavy atom. The number of hydrogen-bond donors (Lipinski definition) is 2. The highest BCUT2D eigenvalue weighted by atomic mass is 35.5. The van der Waals surface area contributed by atoms with Gasteiger partial charge in [0.2, 0.25) is 0 Å². The maximum Gasteiger partial charge on any atom is 0.335 e. The van der Waals surface area contributed by atoms with Crippen molar-refractivity contribution in [1.29, 1.82) is 0 Å². The minimum atomic E-state index is -0.874. The van der Waals surface area contributed by atoms with Gasteiger partial charge < -0.3 is 14.6 Å². The number of aromatic hydroxyl groups is 1. The highest BCUT2D eigenvalue weighted by Gasteiger charge is 2.36. The predicted molar refractivity (Wildman–Crippen MR) is 131 cm³/mol. The molecule has 0 saturated carbocycles. The molecule has 0 unspecified atom stereocenters. The average Bonchev–Trinajstić information content (AvgIpc) is 2.83. The summed E-state index contributed by atoms with van der Waals surface area (Å²) in [6.45, 7) is 2.41. The van der Waals surface area contributed by atoms with Gasteiger partial charge in [0.25, 0.3) is 11.8 Å². The molecule has 8 nitrogen and oxygen atoms in total. The molecule has 3 aromatic rings. The Labute approximate surface area is 206 Å². The van der Waals surface area contributed by atoms with E-state index in [1.165, 1.54) is 30.3 Å². The van der Waals surface area contributed by atoms with E-state index in [0.29, 0.717) is 28.7 Å². The summed E-state index contributed by atoms with van der Waals surface area (Å²) in [6.07, 6.45) is 1.37. The fourth-order valence-electron chi connectivity index (χ4n) is 3.43. The van der Waals surface area contributed by atoms with Crippen LogP contribution < -0.4 is 19.7 Å². The Balaban J connectivity index is 1.61. The standard InChI is InChI=1S/C26H21ClN2O6/c1-2-34-23-14-16(7-12-22(23)35-15-17-5-3-4-6-21(17)27)13-20-24(31)28-26(33)29(25(20)32)18-8-10-19(30)11-9-18/h3-14,30H,2,15H2,1H3,(H,28,31,33)/b20-13+. The highest BCUT2D eigenvalue weighted by molar-refractivity contribution is 6.39. The number of phenols is 1. The molecule has 0 aliphatic carbocycles. The number of imide groups is 2. The SMILES string of the molecule is CCOc1cc(/C=C2\C(=O)NC(=O)N(c3ccc(O)cc3)C2=O)ccc1OCc1ccccc1Cl. The first-order chi connectivity index (χ1) is 16.9. The number of nitrogens with zero attached hydrogens (tertiary/aromatic N) is 1. The van der Waals surface area contributed by atoms with Gasteiger partial charge >= 0.3 is 6.03 Å². The number of carbonyl (C=O) groups is 3. The van der Waals surface area contributed by atoms with Crippen molar-refractivity contribution in [2.24, 2.45) is 0 Å². The van der Waals surface area contributed by atoms with Crippen LogP contribution in [0.1, 0.15) is 18.1 Å². The number of ether oxygens (including phenoxy) is 2. The summed E-state index contributed by atoms with van der Waals surface area (Å²) in [7, 11) is 0. The van der Waals surface area contributed by atoms with Crippen molar-refractivity contribution in [2.75, 3.05) is 11.5 Å². The normalized spacial score (nSPS) is 14.7. The Kier molecular flexibility index (Phi) is 7.03. The zero-order valence-electron chi connectivity index (χ0n) is 18.7. The molecule has 1 fully saturated rings. The molecule has 35 heavy (non-hydrogen) atoms. The second-order valence-electron chi connectivity index (χ2n) is 7.49. The van der Waals surface area contributed by atoms with Gasteiger partial charge in [-0.05, 0) is 61.0 Å². The summed E-state index contributed by atoms with van der Waals surface area (Å²) in [5.41, 5.74) is 1.29. The first-order valence-electron chi connectivity index (χ1n) is 10.7. The number of halogens is 1. The number of nitrogens with one attached hydrogen (secondary N) is 1. The molecule has 2 N–H and O–H groups in total. The molecule has 1 heterocycles. The molecule has 0 atom stereocenters. The zero-order valence-corrected chi connectivity index (χ0v) is 19.4. The minimum Gasteiger partial charge on any atom is -0.508 e. The van der Waals surface area contributed by atoms with Gasteiger partial charge in [0.1, 0.15) is 17.9 Å². The van der Waals surface area contributed by atoms with E-state index in [-0.39, 0.29) is 23.6 Å². The quantitative estimate of drug-likeness (QED) is 0.366. The van der Waals surface area contributed by atoms with Gasteiger partial charge in [-0.1, -0.05) is 35.9 Å². The van der Waals surface area contributed by atoms with Crippen LogP contribution in [0.15, 0.2) is 72.3 Å². The number of amides is 4. The van der Waals surface area contributed by atoms with Gasteiger partial charge in [-0.3, -0.25) is 14.9 Å². The number of benzene rings is 3. The fourth-order valence-corrected chi connectivity index (χ4v) is 3.62. The number of phenolic OH excluding ortho intramolecular Hbond substituents is 1. The lowest BCUT2D eigenvalue weighted by Gasteiger charge is -2.26. The van der Waals surface area contributed by atoms with E-state index >= 15 is 0 Å². The molecule has 0 radical (unpaired) electrons. The van der Waals surface area contributed by atoms with Crippen molar-refractivity contribution in [2.45, 2.75) is 13.5 Å². The van der Waals surface area contributed by atoms with Crippen molar-refractivity contribution in [1.82, 2.24) is 5.32 Å². The summed E-state index contributed by atoms with van der Waals surface area (Å²) in [4.78, 5) is 38.7. The molecule has 4 rings (SSSR count). The van der Waals surface area contributed by atoms with Crippen LogP contribution in [0.25, 0.3) is 6.08 Å². The van der Waals surface area contributed by atoms with E-state index in [2.05, 4.69) is 5.32 Å². The Morgan fingerprint density at radius 1 is 0.971 bits per heavy atom. The number of carbonyl (C=O) groups excluding carboxylic acids is 3. The Bertz CT molecular complexity index is 1320. The minimum absolute atomic E-state index is 0.0224. The summed E-state index contributed by atoms with van der Waals surface area (Å²) < 4.78 is 11.6. The van der Waals surface area contributed by atoms with Crippen molar-refractivity contribution >= 4 is 41.2 Å². The number of rotatable bonds is 7. The molecule has 0 aromatic heterocycles. The van der Waals surface area contributed by atoms with E-state index in [1.807, 2.05) is 25.1 Å². The summed E-state index contributed by atoms with van der Waals surface area (Å²) in [5, 5.41) is 12.2. The van der Waals surface area contributed by atoms with E-state index < -0.39 is 17.8 Å². The Morgan fingerprint density at radius 3 is 2.43 bits per heavy atom. The Hall–Kier alpha value is -4.30. The lowest BCUT2D eigenvalue weighted by Crippen LogP contribution is -2.54. The van der Waals surface area contributed by atoms with E-state index in [0.717, 1.165) is 10.5 Å². The van der Waals surface area contributed by atoms with Gasteiger partial charge in [-0.25, -0.2) is 9.69 Å². The highest BCUT2D eigenvalue weighted by Crippen LogP contribution is 2.31. The molecule has 1 saturated heterocycles. The molecule has 178 valence electrons. The maximum atomic E-state index is 13.0. The van der Waals surface area contributed by atoms with Crippen LogP contribution in [0, 0.1) is 0 Å². The van der Waals surface area contributed by atoms with Gasteiger partial charge in [0.15, 0.2) is 11.5 Å². The van der Waals surface area contributed by atoms with Crippen molar-refractivity contribution in [3.63, 3.8) is 0 Å². The summed E-state index contributed by atoms with van der Waals surface area (Å²) in [5.74, 6) is -0.738. The largest absolute Gasteiger partial charge is 0.508 e. The fraction of sp³-hybridized carbons (Fsp3) is 0.115. The van der Waals surface area contributed by atoms with Gasteiger partial charge in [0.05, 0.1) is 12.3 Å². The molecular formula is C26H21ClN2O6. The average molecular weight is 493 g/mol. The number of anilines is 1. The monoisotopic (exact) mass is 492 g/mol. The second-order valence-corrected chi connectivity index (χ2v) is 7.90. The molecule has 4 amide bonds. The van der Waals surface area contributed by atoms with Crippen LogP contribution in [-0.2, 0) is 16.2 Å². The number of urea groups is 1. The third kappa shape index (κ3) is 5.28. The molecule has 9 heteroatoms. The molecule has 0 spiro atoms. The second kappa shape index (κ2) is 10.3. The lowest BCUT2D eigenvalue weighted by molar-refractivity contribution is -0.122. The lowest BCUT2D eigenvalue weighted by atomic mass is 10.1. The summed E-state index contributed by atoms with van der Waals surface area (Å²) >= 11 is 6.20. The first-order valence-corrected chi connectivity index (χ1v) is 11.1. The van der Waals surface area contributed by atoms with E-state index in [1.54, 1.807) is 24.3 Å². The molecule has 0 bridgehead atoms. The van der Waals surface area contributed by atoms with Crippen molar-refractivity contribution in [3.05, 3.63) is 88.5 Å².